The summed E-state index contributed by atoms with van der Waals surface area (Å²) < 4.78 is 0. The topological polar surface area (TPSA) is 32.3 Å². The summed E-state index contributed by atoms with van der Waals surface area (Å²) in [6.45, 7) is 4.26. The molecule has 0 aromatic heterocycles. The third kappa shape index (κ3) is 2.42. The van der Waals surface area contributed by atoms with Crippen molar-refractivity contribution < 1.29 is 4.79 Å². The average Bonchev–Trinajstić information content (AvgIpc) is 2.82. The summed E-state index contributed by atoms with van der Waals surface area (Å²) in [4.78, 5) is 14.6. The van der Waals surface area contributed by atoms with E-state index in [2.05, 4.69) is 17.1 Å². The molecule has 3 nitrogen and oxygen atoms in total. The molecule has 3 aliphatic rings. The third-order valence-electron chi connectivity index (χ3n) is 5.26. The van der Waals surface area contributed by atoms with Gasteiger partial charge < -0.3 is 10.2 Å². The van der Waals surface area contributed by atoms with E-state index in [-0.39, 0.29) is 6.04 Å². The van der Waals surface area contributed by atoms with Gasteiger partial charge in [0.25, 0.3) is 0 Å². The predicted octanol–water partition coefficient (Wildman–Crippen LogP) is 2.17. The Labute approximate surface area is 110 Å². The molecule has 3 rings (SSSR count). The van der Waals surface area contributed by atoms with Gasteiger partial charge in [0, 0.05) is 19.1 Å². The molecule has 2 saturated heterocycles. The van der Waals surface area contributed by atoms with E-state index < -0.39 is 0 Å². The number of hydrogen-bond donors (Lipinski definition) is 1. The quantitative estimate of drug-likeness (QED) is 0.773. The Balaban J connectivity index is 1.57. The van der Waals surface area contributed by atoms with Gasteiger partial charge in [0.15, 0.2) is 0 Å². The molecule has 2 heterocycles. The lowest BCUT2D eigenvalue weighted by Gasteiger charge is -2.32. The first-order chi connectivity index (χ1) is 8.74. The van der Waals surface area contributed by atoms with Crippen LogP contribution in [-0.2, 0) is 4.79 Å². The largest absolute Gasteiger partial charge is 0.341 e. The van der Waals surface area contributed by atoms with E-state index in [0.717, 1.165) is 31.3 Å². The first kappa shape index (κ1) is 12.5. The van der Waals surface area contributed by atoms with Crippen molar-refractivity contribution in [1.29, 1.82) is 0 Å². The van der Waals surface area contributed by atoms with Gasteiger partial charge in [0.2, 0.25) is 5.91 Å². The number of carbonyl (C=O) groups excluding carboxylic acids is 1. The zero-order chi connectivity index (χ0) is 12.5. The number of carbonyl (C=O) groups is 1. The highest BCUT2D eigenvalue weighted by Crippen LogP contribution is 2.34. The lowest BCUT2D eigenvalue weighted by molar-refractivity contribution is -0.134. The Morgan fingerprint density at radius 2 is 1.83 bits per heavy atom. The molecule has 1 aliphatic carbocycles. The first-order valence-corrected chi connectivity index (χ1v) is 7.79. The Morgan fingerprint density at radius 1 is 1.11 bits per heavy atom. The highest BCUT2D eigenvalue weighted by atomic mass is 16.2. The molecule has 3 heteroatoms. The molecular formula is C15H26N2O. The number of amides is 1. The highest BCUT2D eigenvalue weighted by Gasteiger charge is 2.39. The van der Waals surface area contributed by atoms with Crippen molar-refractivity contribution in [3.05, 3.63) is 0 Å². The highest BCUT2D eigenvalue weighted by molar-refractivity contribution is 5.82. The lowest BCUT2D eigenvalue weighted by Crippen LogP contribution is -2.48. The summed E-state index contributed by atoms with van der Waals surface area (Å²) in [7, 11) is 0. The van der Waals surface area contributed by atoms with Gasteiger partial charge in [-0.2, -0.15) is 0 Å². The minimum Gasteiger partial charge on any atom is -0.341 e. The molecular weight excluding hydrogens is 224 g/mol. The van der Waals surface area contributed by atoms with E-state index >= 15 is 0 Å². The van der Waals surface area contributed by atoms with Gasteiger partial charge in [-0.1, -0.05) is 19.8 Å². The molecule has 2 aliphatic heterocycles. The van der Waals surface area contributed by atoms with Crippen LogP contribution in [0.2, 0.25) is 0 Å². The van der Waals surface area contributed by atoms with Crippen LogP contribution in [0, 0.1) is 11.8 Å². The van der Waals surface area contributed by atoms with Crippen LogP contribution in [0.3, 0.4) is 0 Å². The standard InChI is InChI=1S/C15H26N2O/c1-11-6-8-17(9-7-11)15(18)14-10-12-4-2-3-5-13(12)16-14/h11-14,16H,2-10H2,1H3. The molecule has 102 valence electrons. The van der Waals surface area contributed by atoms with Crippen molar-refractivity contribution in [2.75, 3.05) is 13.1 Å². The number of nitrogens with zero attached hydrogens (tertiary/aromatic N) is 1. The second kappa shape index (κ2) is 5.20. The zero-order valence-electron chi connectivity index (χ0n) is 11.5. The summed E-state index contributed by atoms with van der Waals surface area (Å²) in [5.74, 6) is 1.96. The maximum atomic E-state index is 12.5. The monoisotopic (exact) mass is 250 g/mol. The molecule has 1 saturated carbocycles. The van der Waals surface area contributed by atoms with E-state index in [9.17, 15) is 4.79 Å². The van der Waals surface area contributed by atoms with Crippen molar-refractivity contribution in [2.24, 2.45) is 11.8 Å². The molecule has 0 aromatic rings. The normalized spacial score (nSPS) is 37.6. The second-order valence-corrected chi connectivity index (χ2v) is 6.61. The maximum absolute atomic E-state index is 12.5. The average molecular weight is 250 g/mol. The van der Waals surface area contributed by atoms with E-state index in [4.69, 9.17) is 0 Å². The van der Waals surface area contributed by atoms with Crippen LogP contribution in [-0.4, -0.2) is 36.0 Å². The maximum Gasteiger partial charge on any atom is 0.239 e. The van der Waals surface area contributed by atoms with Crippen molar-refractivity contribution in [1.82, 2.24) is 10.2 Å². The summed E-state index contributed by atoms with van der Waals surface area (Å²) in [6.07, 6.45) is 8.79. The molecule has 0 bridgehead atoms. The number of rotatable bonds is 1. The van der Waals surface area contributed by atoms with Gasteiger partial charge in [-0.15, -0.1) is 0 Å². The number of fused-ring (bicyclic) bond motifs is 1. The van der Waals surface area contributed by atoms with Crippen LogP contribution in [0.1, 0.15) is 51.9 Å². The van der Waals surface area contributed by atoms with E-state index in [1.807, 2.05) is 0 Å². The fraction of sp³-hybridized carbons (Fsp3) is 0.933. The smallest absolute Gasteiger partial charge is 0.239 e. The van der Waals surface area contributed by atoms with E-state index in [1.54, 1.807) is 0 Å². The van der Waals surface area contributed by atoms with E-state index in [1.165, 1.54) is 38.5 Å². The minimum absolute atomic E-state index is 0.131. The van der Waals surface area contributed by atoms with Crippen LogP contribution in [0.4, 0.5) is 0 Å². The van der Waals surface area contributed by atoms with Gasteiger partial charge in [-0.3, -0.25) is 4.79 Å². The number of nitrogens with one attached hydrogen (secondary N) is 1. The Hall–Kier alpha value is -0.570. The molecule has 1 N–H and O–H groups in total. The van der Waals surface area contributed by atoms with Crippen molar-refractivity contribution in [3.63, 3.8) is 0 Å². The summed E-state index contributed by atoms with van der Waals surface area (Å²) in [5, 5.41) is 3.61. The summed E-state index contributed by atoms with van der Waals surface area (Å²) in [6, 6.07) is 0.767. The van der Waals surface area contributed by atoms with Gasteiger partial charge in [-0.05, 0) is 43.9 Å². The Kier molecular flexibility index (Phi) is 3.60. The molecule has 0 aromatic carbocycles. The molecule has 3 atom stereocenters. The number of likely N-dealkylation sites (tertiary alicyclic amines) is 1. The Bertz CT molecular complexity index is 296. The first-order valence-electron chi connectivity index (χ1n) is 7.79. The fourth-order valence-electron chi connectivity index (χ4n) is 3.96. The SMILES string of the molecule is CC1CCN(C(=O)C2CC3CCCCC3N2)CC1. The van der Waals surface area contributed by atoms with Crippen LogP contribution in [0.25, 0.3) is 0 Å². The minimum atomic E-state index is 0.131. The summed E-state index contributed by atoms with van der Waals surface area (Å²) >= 11 is 0. The molecule has 0 spiro atoms. The van der Waals surface area contributed by atoms with Crippen LogP contribution in [0.5, 0.6) is 0 Å². The summed E-state index contributed by atoms with van der Waals surface area (Å²) in [5.41, 5.74) is 0. The van der Waals surface area contributed by atoms with Gasteiger partial charge in [-0.25, -0.2) is 0 Å². The van der Waals surface area contributed by atoms with Crippen LogP contribution >= 0.6 is 0 Å². The third-order valence-corrected chi connectivity index (χ3v) is 5.26. The van der Waals surface area contributed by atoms with E-state index in [0.29, 0.717) is 11.9 Å². The fourth-order valence-corrected chi connectivity index (χ4v) is 3.96. The number of piperidine rings is 1. The predicted molar refractivity (Wildman–Crippen MR) is 72.3 cm³/mol. The lowest BCUT2D eigenvalue weighted by atomic mass is 9.85. The van der Waals surface area contributed by atoms with Crippen molar-refractivity contribution in [2.45, 2.75) is 64.0 Å². The Morgan fingerprint density at radius 3 is 2.56 bits per heavy atom. The van der Waals surface area contributed by atoms with Gasteiger partial charge >= 0.3 is 0 Å². The second-order valence-electron chi connectivity index (χ2n) is 6.61. The van der Waals surface area contributed by atoms with Gasteiger partial charge in [0.1, 0.15) is 0 Å². The zero-order valence-corrected chi connectivity index (χ0v) is 11.5. The molecule has 3 unspecified atom stereocenters. The molecule has 0 radical (unpaired) electrons. The van der Waals surface area contributed by atoms with Crippen molar-refractivity contribution >= 4 is 5.91 Å². The molecule has 18 heavy (non-hydrogen) atoms. The van der Waals surface area contributed by atoms with Gasteiger partial charge in [0.05, 0.1) is 6.04 Å². The van der Waals surface area contributed by atoms with Crippen molar-refractivity contribution in [3.8, 4) is 0 Å². The molecule has 1 amide bonds. The van der Waals surface area contributed by atoms with Crippen LogP contribution < -0.4 is 5.32 Å². The number of hydrogen-bond acceptors (Lipinski definition) is 2. The van der Waals surface area contributed by atoms with Crippen LogP contribution in [0.15, 0.2) is 0 Å². The molecule has 3 fully saturated rings.